The van der Waals surface area contributed by atoms with Gasteiger partial charge >= 0.3 is 0 Å². The summed E-state index contributed by atoms with van der Waals surface area (Å²) >= 11 is 0. The Hall–Kier alpha value is -1.51. The molecule has 0 aliphatic carbocycles. The molecule has 1 aromatic rings. The molecule has 0 spiro atoms. The lowest BCUT2D eigenvalue weighted by Crippen LogP contribution is -2.37. The van der Waals surface area contributed by atoms with Crippen LogP contribution < -0.4 is 9.64 Å². The predicted octanol–water partition coefficient (Wildman–Crippen LogP) is 2.11. The molecule has 15 heavy (non-hydrogen) atoms. The third-order valence-electron chi connectivity index (χ3n) is 2.64. The smallest absolute Gasteiger partial charge is 0.150 e. The van der Waals surface area contributed by atoms with Crippen LogP contribution in [-0.4, -0.2) is 25.5 Å². The van der Waals surface area contributed by atoms with Gasteiger partial charge in [0.25, 0.3) is 0 Å². The largest absolute Gasteiger partial charge is 0.490 e. The lowest BCUT2D eigenvalue weighted by Gasteiger charge is -2.34. The molecule has 0 fully saturated rings. The summed E-state index contributed by atoms with van der Waals surface area (Å²) in [5.41, 5.74) is 1.75. The van der Waals surface area contributed by atoms with Crippen molar-refractivity contribution in [2.24, 2.45) is 0 Å². The summed E-state index contributed by atoms with van der Waals surface area (Å²) in [6.45, 7) is 5.91. The molecule has 0 saturated heterocycles. The monoisotopic (exact) mass is 205 g/mol. The number of benzene rings is 1. The Kier molecular flexibility index (Phi) is 2.62. The van der Waals surface area contributed by atoms with E-state index in [1.165, 1.54) is 0 Å². The van der Waals surface area contributed by atoms with E-state index in [-0.39, 0.29) is 0 Å². The third-order valence-corrected chi connectivity index (χ3v) is 2.64. The number of nitrogens with zero attached hydrogens (tertiary/aromatic N) is 1. The van der Waals surface area contributed by atoms with Crippen LogP contribution in [0.5, 0.6) is 5.75 Å². The van der Waals surface area contributed by atoms with Crippen molar-refractivity contribution in [1.29, 1.82) is 0 Å². The third kappa shape index (κ3) is 1.82. The molecule has 80 valence electrons. The Bertz CT molecular complexity index is 374. The average molecular weight is 205 g/mol. The van der Waals surface area contributed by atoms with Crippen molar-refractivity contribution in [1.82, 2.24) is 0 Å². The number of hydrogen-bond acceptors (Lipinski definition) is 3. The van der Waals surface area contributed by atoms with Crippen molar-refractivity contribution in [3.63, 3.8) is 0 Å². The first kappa shape index (κ1) is 10.0. The van der Waals surface area contributed by atoms with Gasteiger partial charge < -0.3 is 9.64 Å². The summed E-state index contributed by atoms with van der Waals surface area (Å²) < 4.78 is 5.55. The van der Waals surface area contributed by atoms with Gasteiger partial charge in [0.15, 0.2) is 0 Å². The number of anilines is 1. The zero-order chi connectivity index (χ0) is 10.8. The number of ether oxygens (including phenoxy) is 1. The maximum atomic E-state index is 10.6. The van der Waals surface area contributed by atoms with E-state index in [1.54, 1.807) is 6.07 Å². The number of hydrogen-bond donors (Lipinski definition) is 0. The molecule has 0 radical (unpaired) electrons. The first-order valence-electron chi connectivity index (χ1n) is 5.21. The number of carbonyl (C=O) groups excluding carboxylic acids is 1. The molecule has 0 aromatic heterocycles. The van der Waals surface area contributed by atoms with E-state index in [2.05, 4.69) is 18.7 Å². The highest BCUT2D eigenvalue weighted by molar-refractivity contribution is 5.78. The van der Waals surface area contributed by atoms with Gasteiger partial charge in [0.1, 0.15) is 18.6 Å². The minimum Gasteiger partial charge on any atom is -0.490 e. The predicted molar refractivity (Wildman–Crippen MR) is 59.8 cm³/mol. The van der Waals surface area contributed by atoms with Gasteiger partial charge in [0, 0.05) is 11.6 Å². The van der Waals surface area contributed by atoms with Crippen molar-refractivity contribution in [2.45, 2.75) is 19.9 Å². The molecule has 0 atom stereocenters. The highest BCUT2D eigenvalue weighted by Gasteiger charge is 2.20. The van der Waals surface area contributed by atoms with E-state index in [4.69, 9.17) is 4.74 Å². The molecule has 1 aliphatic heterocycles. The lowest BCUT2D eigenvalue weighted by atomic mass is 10.1. The van der Waals surface area contributed by atoms with Crippen molar-refractivity contribution in [3.05, 3.63) is 23.8 Å². The van der Waals surface area contributed by atoms with Crippen LogP contribution in [0.4, 0.5) is 5.69 Å². The second-order valence-corrected chi connectivity index (χ2v) is 3.98. The van der Waals surface area contributed by atoms with Crippen LogP contribution in [0.3, 0.4) is 0 Å². The van der Waals surface area contributed by atoms with E-state index >= 15 is 0 Å². The minimum absolute atomic E-state index is 0.453. The van der Waals surface area contributed by atoms with Gasteiger partial charge in [-0.2, -0.15) is 0 Å². The van der Waals surface area contributed by atoms with Crippen LogP contribution in [0.1, 0.15) is 24.2 Å². The summed E-state index contributed by atoms with van der Waals surface area (Å²) in [7, 11) is 0. The first-order chi connectivity index (χ1) is 7.22. The van der Waals surface area contributed by atoms with Crippen molar-refractivity contribution < 1.29 is 9.53 Å². The Balaban J connectivity index is 2.40. The minimum atomic E-state index is 0.453. The Morgan fingerprint density at radius 2 is 2.27 bits per heavy atom. The molecule has 1 heterocycles. The quantitative estimate of drug-likeness (QED) is 0.692. The van der Waals surface area contributed by atoms with E-state index in [1.807, 2.05) is 12.1 Å². The van der Waals surface area contributed by atoms with Gasteiger partial charge in [-0.15, -0.1) is 0 Å². The molecule has 0 amide bonds. The van der Waals surface area contributed by atoms with Crippen molar-refractivity contribution in [3.8, 4) is 5.75 Å². The average Bonchev–Trinajstić information content (AvgIpc) is 2.27. The molecule has 3 nitrogen and oxygen atoms in total. The topological polar surface area (TPSA) is 29.5 Å². The maximum Gasteiger partial charge on any atom is 0.150 e. The molecule has 3 heteroatoms. The van der Waals surface area contributed by atoms with Crippen LogP contribution in [0, 0.1) is 0 Å². The zero-order valence-electron chi connectivity index (χ0n) is 9.06. The fourth-order valence-corrected chi connectivity index (χ4v) is 1.87. The first-order valence-corrected chi connectivity index (χ1v) is 5.21. The maximum absolute atomic E-state index is 10.6. The molecule has 0 bridgehead atoms. The Labute approximate surface area is 89.7 Å². The van der Waals surface area contributed by atoms with Crippen molar-refractivity contribution >= 4 is 12.0 Å². The molecule has 1 aromatic carbocycles. The van der Waals surface area contributed by atoms with E-state index < -0.39 is 0 Å². The second kappa shape index (κ2) is 3.93. The molecule has 0 saturated carbocycles. The number of fused-ring (bicyclic) bond motifs is 1. The molecule has 2 rings (SSSR count). The number of rotatable bonds is 2. The van der Waals surface area contributed by atoms with E-state index in [0.29, 0.717) is 18.2 Å². The van der Waals surface area contributed by atoms with Gasteiger partial charge in [-0.1, -0.05) is 0 Å². The summed E-state index contributed by atoms with van der Waals surface area (Å²) in [4.78, 5) is 12.9. The highest BCUT2D eigenvalue weighted by atomic mass is 16.5. The van der Waals surface area contributed by atoms with Gasteiger partial charge in [-0.25, -0.2) is 0 Å². The van der Waals surface area contributed by atoms with E-state index in [9.17, 15) is 4.79 Å². The molecule has 0 unspecified atom stereocenters. The molecular formula is C12H15NO2. The fourth-order valence-electron chi connectivity index (χ4n) is 1.87. The van der Waals surface area contributed by atoms with Crippen molar-refractivity contribution in [2.75, 3.05) is 18.1 Å². The highest BCUT2D eigenvalue weighted by Crippen LogP contribution is 2.33. The Morgan fingerprint density at radius 3 is 2.93 bits per heavy atom. The van der Waals surface area contributed by atoms with Crippen LogP contribution in [0.15, 0.2) is 18.2 Å². The van der Waals surface area contributed by atoms with Crippen LogP contribution in [0.25, 0.3) is 0 Å². The number of aldehydes is 1. The fraction of sp³-hybridized carbons (Fsp3) is 0.417. The van der Waals surface area contributed by atoms with Gasteiger partial charge in [-0.05, 0) is 32.0 Å². The summed E-state index contributed by atoms with van der Waals surface area (Å²) in [5, 5.41) is 0. The van der Waals surface area contributed by atoms with E-state index in [0.717, 1.165) is 24.3 Å². The van der Waals surface area contributed by atoms with Gasteiger partial charge in [0.05, 0.1) is 12.2 Å². The van der Waals surface area contributed by atoms with Crippen LogP contribution >= 0.6 is 0 Å². The number of carbonyl (C=O) groups is 1. The van der Waals surface area contributed by atoms with Crippen LogP contribution in [0.2, 0.25) is 0 Å². The van der Waals surface area contributed by atoms with Gasteiger partial charge in [0.2, 0.25) is 0 Å². The SMILES string of the molecule is CC(C)N1CCOc2cc(C=O)ccc21. The molecule has 1 aliphatic rings. The standard InChI is InChI=1S/C12H15NO2/c1-9(2)13-5-6-15-12-7-10(8-14)3-4-11(12)13/h3-4,7-9H,5-6H2,1-2H3. The normalized spacial score (nSPS) is 14.7. The summed E-state index contributed by atoms with van der Waals surface area (Å²) in [6, 6.07) is 6.04. The van der Waals surface area contributed by atoms with Gasteiger partial charge in [-0.3, -0.25) is 4.79 Å². The zero-order valence-corrected chi connectivity index (χ0v) is 9.06. The summed E-state index contributed by atoms with van der Waals surface area (Å²) in [5.74, 6) is 0.819. The lowest BCUT2D eigenvalue weighted by molar-refractivity contribution is 0.112. The molecular weight excluding hydrogens is 190 g/mol. The second-order valence-electron chi connectivity index (χ2n) is 3.98. The Morgan fingerprint density at radius 1 is 1.47 bits per heavy atom. The summed E-state index contributed by atoms with van der Waals surface area (Å²) in [6.07, 6.45) is 0.845. The molecule has 0 N–H and O–H groups in total. The van der Waals surface area contributed by atoms with Crippen LogP contribution in [-0.2, 0) is 0 Å².